The Labute approximate surface area is 117 Å². The first-order valence-corrected chi connectivity index (χ1v) is 7.36. The van der Waals surface area contributed by atoms with E-state index in [0.717, 1.165) is 11.1 Å². The fourth-order valence-corrected chi connectivity index (χ4v) is 2.49. The molecule has 1 aromatic carbocycles. The number of nitrogens with zero attached hydrogens (tertiary/aromatic N) is 1. The summed E-state index contributed by atoms with van der Waals surface area (Å²) in [7, 11) is -3.59. The molecule has 20 heavy (non-hydrogen) atoms. The molecule has 0 aliphatic carbocycles. The van der Waals surface area contributed by atoms with Crippen LogP contribution in [0.3, 0.4) is 0 Å². The molecule has 7 heteroatoms. The fraction of sp³-hybridized carbons (Fsp3) is 0.154. The summed E-state index contributed by atoms with van der Waals surface area (Å²) in [6.45, 7) is 0.408. The number of nitrogens with two attached hydrogens (primary N) is 1. The van der Waals surface area contributed by atoms with Crippen molar-refractivity contribution in [2.75, 3.05) is 6.54 Å². The lowest BCUT2D eigenvalue weighted by Crippen LogP contribution is -2.24. The second kappa shape index (κ2) is 6.34. The lowest BCUT2D eigenvalue weighted by atomic mass is 10.1. The standard InChI is InChI=1S/C13H14N4O2S/c14-7-3-6-11-4-1-2-5-12(11)8-17-20(18,19)13-9-15-10-16-13/h1-2,4-5,9-10,17H,7-8,14H2,(H,15,16). The Morgan fingerprint density at radius 2 is 2.15 bits per heavy atom. The Bertz CT molecular complexity index is 727. The summed E-state index contributed by atoms with van der Waals surface area (Å²) in [5, 5.41) is 0.0306. The molecule has 0 radical (unpaired) electrons. The van der Waals surface area contributed by atoms with E-state index in [9.17, 15) is 8.42 Å². The first-order chi connectivity index (χ1) is 9.63. The average Bonchev–Trinajstić information content (AvgIpc) is 2.99. The highest BCUT2D eigenvalue weighted by atomic mass is 32.2. The minimum absolute atomic E-state index is 0.0306. The number of hydrogen-bond acceptors (Lipinski definition) is 4. The van der Waals surface area contributed by atoms with Gasteiger partial charge in [-0.15, -0.1) is 0 Å². The smallest absolute Gasteiger partial charge is 0.257 e. The van der Waals surface area contributed by atoms with Crippen LogP contribution < -0.4 is 10.5 Å². The van der Waals surface area contributed by atoms with Crippen LogP contribution in [0.1, 0.15) is 11.1 Å². The third kappa shape index (κ3) is 3.45. The number of aromatic nitrogens is 2. The molecule has 0 bridgehead atoms. The minimum atomic E-state index is -3.59. The molecule has 0 fully saturated rings. The Hall–Kier alpha value is -2.14. The van der Waals surface area contributed by atoms with E-state index in [1.54, 1.807) is 0 Å². The fourth-order valence-electron chi connectivity index (χ4n) is 1.58. The van der Waals surface area contributed by atoms with E-state index in [4.69, 9.17) is 5.73 Å². The Balaban J connectivity index is 2.16. The Kier molecular flexibility index (Phi) is 4.53. The maximum atomic E-state index is 12.0. The summed E-state index contributed by atoms with van der Waals surface area (Å²) >= 11 is 0. The molecule has 0 unspecified atom stereocenters. The molecule has 104 valence electrons. The van der Waals surface area contributed by atoms with Crippen LogP contribution in [-0.2, 0) is 16.6 Å². The predicted molar refractivity (Wildman–Crippen MR) is 75.0 cm³/mol. The SMILES string of the molecule is NCC#Cc1ccccc1CNS(=O)(=O)c1cnc[nH]1. The van der Waals surface area contributed by atoms with Crippen molar-refractivity contribution < 1.29 is 8.42 Å². The van der Waals surface area contributed by atoms with Crippen molar-refractivity contribution in [2.45, 2.75) is 11.6 Å². The average molecular weight is 290 g/mol. The monoisotopic (exact) mass is 290 g/mol. The van der Waals surface area contributed by atoms with E-state index in [1.165, 1.54) is 12.5 Å². The van der Waals surface area contributed by atoms with Crippen molar-refractivity contribution >= 4 is 10.0 Å². The highest BCUT2D eigenvalue weighted by Gasteiger charge is 2.15. The molecule has 0 amide bonds. The van der Waals surface area contributed by atoms with Gasteiger partial charge in [-0.3, -0.25) is 0 Å². The molecule has 0 aliphatic rings. The minimum Gasteiger partial charge on any atom is -0.335 e. The van der Waals surface area contributed by atoms with Crippen LogP contribution in [0, 0.1) is 11.8 Å². The molecule has 1 aromatic heterocycles. The van der Waals surface area contributed by atoms with Gasteiger partial charge in [0.25, 0.3) is 10.0 Å². The molecule has 4 N–H and O–H groups in total. The number of benzene rings is 1. The lowest BCUT2D eigenvalue weighted by molar-refractivity contribution is 0.578. The van der Waals surface area contributed by atoms with Crippen LogP contribution in [0.2, 0.25) is 0 Å². The van der Waals surface area contributed by atoms with Gasteiger partial charge >= 0.3 is 0 Å². The quantitative estimate of drug-likeness (QED) is 0.700. The van der Waals surface area contributed by atoms with E-state index in [0.29, 0.717) is 0 Å². The van der Waals surface area contributed by atoms with E-state index in [2.05, 4.69) is 26.5 Å². The zero-order chi connectivity index (χ0) is 14.4. The number of imidazole rings is 1. The van der Waals surface area contributed by atoms with Gasteiger partial charge in [0, 0.05) is 12.1 Å². The first kappa shape index (κ1) is 14.3. The molecule has 1 heterocycles. The van der Waals surface area contributed by atoms with Gasteiger partial charge in [-0.25, -0.2) is 18.1 Å². The number of aromatic amines is 1. The summed E-state index contributed by atoms with van der Waals surface area (Å²) in [5.74, 6) is 5.67. The summed E-state index contributed by atoms with van der Waals surface area (Å²) in [6.07, 6.45) is 2.57. The van der Waals surface area contributed by atoms with Gasteiger partial charge in [-0.1, -0.05) is 30.0 Å². The third-order valence-electron chi connectivity index (χ3n) is 2.56. The van der Waals surface area contributed by atoms with Crippen molar-refractivity contribution in [2.24, 2.45) is 5.73 Å². The van der Waals surface area contributed by atoms with Gasteiger partial charge < -0.3 is 10.7 Å². The molecular formula is C13H14N4O2S. The molecule has 0 saturated carbocycles. The van der Waals surface area contributed by atoms with Gasteiger partial charge in [0.2, 0.25) is 0 Å². The van der Waals surface area contributed by atoms with Crippen LogP contribution in [0.5, 0.6) is 0 Å². The van der Waals surface area contributed by atoms with Gasteiger partial charge in [0.05, 0.1) is 19.1 Å². The van der Waals surface area contributed by atoms with Crippen LogP contribution in [0.15, 0.2) is 41.8 Å². The van der Waals surface area contributed by atoms with Crippen molar-refractivity contribution in [3.8, 4) is 11.8 Å². The van der Waals surface area contributed by atoms with Crippen LogP contribution in [0.4, 0.5) is 0 Å². The van der Waals surface area contributed by atoms with Gasteiger partial charge in [0.1, 0.15) is 0 Å². The topological polar surface area (TPSA) is 101 Å². The summed E-state index contributed by atoms with van der Waals surface area (Å²) < 4.78 is 26.4. The molecule has 0 spiro atoms. The molecule has 2 aromatic rings. The number of H-pyrrole nitrogens is 1. The largest absolute Gasteiger partial charge is 0.335 e. The van der Waals surface area contributed by atoms with E-state index in [1.807, 2.05) is 24.3 Å². The molecular weight excluding hydrogens is 276 g/mol. The lowest BCUT2D eigenvalue weighted by Gasteiger charge is -2.06. The Morgan fingerprint density at radius 1 is 1.35 bits per heavy atom. The van der Waals surface area contributed by atoms with E-state index >= 15 is 0 Å². The highest BCUT2D eigenvalue weighted by molar-refractivity contribution is 7.89. The van der Waals surface area contributed by atoms with Crippen LogP contribution >= 0.6 is 0 Å². The molecule has 0 atom stereocenters. The first-order valence-electron chi connectivity index (χ1n) is 5.88. The van der Waals surface area contributed by atoms with Gasteiger partial charge in [0.15, 0.2) is 5.03 Å². The second-order valence-electron chi connectivity index (χ2n) is 3.90. The summed E-state index contributed by atoms with van der Waals surface area (Å²) in [5.41, 5.74) is 6.88. The molecule has 6 nitrogen and oxygen atoms in total. The van der Waals surface area contributed by atoms with Crippen LogP contribution in [0.25, 0.3) is 0 Å². The zero-order valence-electron chi connectivity index (χ0n) is 10.6. The molecule has 2 rings (SSSR count). The van der Waals surface area contributed by atoms with Crippen molar-refractivity contribution in [3.05, 3.63) is 47.9 Å². The summed E-state index contributed by atoms with van der Waals surface area (Å²) in [4.78, 5) is 6.25. The number of rotatable bonds is 4. The van der Waals surface area contributed by atoms with E-state index < -0.39 is 10.0 Å². The summed E-state index contributed by atoms with van der Waals surface area (Å²) in [6, 6.07) is 7.30. The molecule has 0 saturated heterocycles. The normalized spacial score (nSPS) is 10.8. The predicted octanol–water partition coefficient (Wildman–Crippen LogP) is 0.198. The number of sulfonamides is 1. The zero-order valence-corrected chi connectivity index (χ0v) is 11.4. The Morgan fingerprint density at radius 3 is 2.85 bits per heavy atom. The van der Waals surface area contributed by atoms with Crippen molar-refractivity contribution in [3.63, 3.8) is 0 Å². The third-order valence-corrected chi connectivity index (χ3v) is 3.88. The maximum absolute atomic E-state index is 12.0. The van der Waals surface area contributed by atoms with E-state index in [-0.39, 0.29) is 18.1 Å². The van der Waals surface area contributed by atoms with Gasteiger partial charge in [-0.05, 0) is 11.6 Å². The van der Waals surface area contributed by atoms with Crippen LogP contribution in [-0.4, -0.2) is 24.9 Å². The van der Waals surface area contributed by atoms with Crippen molar-refractivity contribution in [1.29, 1.82) is 0 Å². The van der Waals surface area contributed by atoms with Crippen molar-refractivity contribution in [1.82, 2.24) is 14.7 Å². The second-order valence-corrected chi connectivity index (χ2v) is 5.64. The highest BCUT2D eigenvalue weighted by Crippen LogP contribution is 2.09. The molecule has 0 aliphatic heterocycles. The number of hydrogen-bond donors (Lipinski definition) is 3. The van der Waals surface area contributed by atoms with Gasteiger partial charge in [-0.2, -0.15) is 0 Å². The maximum Gasteiger partial charge on any atom is 0.257 e. The number of nitrogens with one attached hydrogen (secondary N) is 2.